The standard InChI is InChI=1S/C14H8Cl4OS/c15-8-1-3-11(17)10(5-8)13(19)7-20-14-6-9(16)2-4-12(14)18/h1-6H,7H2. The van der Waals surface area contributed by atoms with E-state index in [2.05, 4.69) is 0 Å². The molecule has 1 nitrogen and oxygen atoms in total. The van der Waals surface area contributed by atoms with Crippen molar-refractivity contribution in [1.29, 1.82) is 0 Å². The van der Waals surface area contributed by atoms with Gasteiger partial charge in [-0.1, -0.05) is 46.4 Å². The molecule has 0 aliphatic heterocycles. The van der Waals surface area contributed by atoms with E-state index in [0.717, 1.165) is 4.90 Å². The quantitative estimate of drug-likeness (QED) is 0.468. The second-order valence-corrected chi connectivity index (χ2v) is 6.62. The molecular weight excluding hydrogens is 358 g/mol. The van der Waals surface area contributed by atoms with Crippen molar-refractivity contribution in [3.05, 3.63) is 62.1 Å². The highest BCUT2D eigenvalue weighted by atomic mass is 35.5. The van der Waals surface area contributed by atoms with Crippen molar-refractivity contribution in [3.63, 3.8) is 0 Å². The molecule has 104 valence electrons. The Morgan fingerprint density at radius 2 is 1.50 bits per heavy atom. The first-order chi connectivity index (χ1) is 9.47. The fraction of sp³-hybridized carbons (Fsp3) is 0.0714. The molecule has 0 heterocycles. The SMILES string of the molecule is O=C(CSc1cc(Cl)ccc1Cl)c1cc(Cl)ccc1Cl. The van der Waals surface area contributed by atoms with Crippen molar-refractivity contribution in [2.24, 2.45) is 0 Å². The molecule has 0 saturated carbocycles. The average Bonchev–Trinajstić information content (AvgIpc) is 2.42. The Bertz CT molecular complexity index is 658. The Balaban J connectivity index is 2.12. The van der Waals surface area contributed by atoms with Gasteiger partial charge in [0.1, 0.15) is 0 Å². The fourth-order valence-electron chi connectivity index (χ4n) is 1.52. The van der Waals surface area contributed by atoms with E-state index in [0.29, 0.717) is 25.7 Å². The van der Waals surface area contributed by atoms with E-state index in [1.54, 1.807) is 36.4 Å². The number of thioether (sulfide) groups is 1. The summed E-state index contributed by atoms with van der Waals surface area (Å²) in [6.45, 7) is 0. The van der Waals surface area contributed by atoms with E-state index < -0.39 is 0 Å². The minimum atomic E-state index is -0.112. The van der Waals surface area contributed by atoms with Crippen LogP contribution in [0.2, 0.25) is 20.1 Å². The minimum Gasteiger partial charge on any atom is -0.293 e. The smallest absolute Gasteiger partial charge is 0.174 e. The molecule has 6 heteroatoms. The van der Waals surface area contributed by atoms with Crippen LogP contribution in [0.25, 0.3) is 0 Å². The number of ketones is 1. The van der Waals surface area contributed by atoms with Crippen molar-refractivity contribution in [2.75, 3.05) is 5.75 Å². The van der Waals surface area contributed by atoms with Crippen LogP contribution in [0.1, 0.15) is 10.4 Å². The summed E-state index contributed by atoms with van der Waals surface area (Å²) in [4.78, 5) is 12.9. The maximum absolute atomic E-state index is 12.1. The molecule has 2 aromatic rings. The van der Waals surface area contributed by atoms with Gasteiger partial charge < -0.3 is 0 Å². The van der Waals surface area contributed by atoms with E-state index in [-0.39, 0.29) is 11.5 Å². The molecule has 0 fully saturated rings. The van der Waals surface area contributed by atoms with E-state index in [4.69, 9.17) is 46.4 Å². The highest BCUT2D eigenvalue weighted by Crippen LogP contribution is 2.31. The topological polar surface area (TPSA) is 17.1 Å². The zero-order valence-electron chi connectivity index (χ0n) is 10.00. The van der Waals surface area contributed by atoms with Crippen molar-refractivity contribution >= 4 is 63.9 Å². The van der Waals surface area contributed by atoms with Gasteiger partial charge in [0.2, 0.25) is 0 Å². The van der Waals surface area contributed by atoms with Gasteiger partial charge in [0.05, 0.1) is 15.8 Å². The van der Waals surface area contributed by atoms with Crippen LogP contribution < -0.4 is 0 Å². The van der Waals surface area contributed by atoms with E-state index in [9.17, 15) is 4.79 Å². The second-order valence-electron chi connectivity index (χ2n) is 3.91. The van der Waals surface area contributed by atoms with Gasteiger partial charge >= 0.3 is 0 Å². The van der Waals surface area contributed by atoms with Gasteiger partial charge in [-0.3, -0.25) is 4.79 Å². The third kappa shape index (κ3) is 4.06. The highest BCUT2D eigenvalue weighted by Gasteiger charge is 2.12. The normalized spacial score (nSPS) is 10.6. The average molecular weight is 366 g/mol. The molecule has 0 spiro atoms. The molecule has 20 heavy (non-hydrogen) atoms. The first-order valence-electron chi connectivity index (χ1n) is 5.53. The van der Waals surface area contributed by atoms with Crippen LogP contribution in [0.3, 0.4) is 0 Å². The summed E-state index contributed by atoms with van der Waals surface area (Å²) in [5.74, 6) is 0.0960. The van der Waals surface area contributed by atoms with Gasteiger partial charge in [-0.05, 0) is 36.4 Å². The summed E-state index contributed by atoms with van der Waals surface area (Å²) in [5, 5.41) is 2.00. The molecule has 0 aliphatic carbocycles. The molecule has 0 aliphatic rings. The van der Waals surface area contributed by atoms with Crippen molar-refractivity contribution in [3.8, 4) is 0 Å². The lowest BCUT2D eigenvalue weighted by Crippen LogP contribution is -2.03. The number of hydrogen-bond acceptors (Lipinski definition) is 2. The van der Waals surface area contributed by atoms with Gasteiger partial charge in [0, 0.05) is 20.5 Å². The Morgan fingerprint density at radius 1 is 0.900 bits per heavy atom. The van der Waals surface area contributed by atoms with Crippen molar-refractivity contribution < 1.29 is 4.79 Å². The molecule has 0 atom stereocenters. The number of halogens is 4. The van der Waals surface area contributed by atoms with Crippen LogP contribution in [0.15, 0.2) is 41.3 Å². The lowest BCUT2D eigenvalue weighted by atomic mass is 10.1. The number of Topliss-reactive ketones (excluding diaryl/α,β-unsaturated/α-hetero) is 1. The van der Waals surface area contributed by atoms with E-state index >= 15 is 0 Å². The van der Waals surface area contributed by atoms with Gasteiger partial charge in [0.25, 0.3) is 0 Å². The van der Waals surface area contributed by atoms with Crippen molar-refractivity contribution in [2.45, 2.75) is 4.90 Å². The Kier molecular flexibility index (Phi) is 5.65. The molecular formula is C14H8Cl4OS. The number of carbonyl (C=O) groups excluding carboxylic acids is 1. The fourth-order valence-corrected chi connectivity index (χ4v) is 3.29. The van der Waals surface area contributed by atoms with Crippen LogP contribution in [-0.2, 0) is 0 Å². The maximum Gasteiger partial charge on any atom is 0.174 e. The molecule has 0 radical (unpaired) electrons. The maximum atomic E-state index is 12.1. The summed E-state index contributed by atoms with van der Waals surface area (Å²) in [5.41, 5.74) is 0.407. The zero-order chi connectivity index (χ0) is 14.7. The van der Waals surface area contributed by atoms with Crippen LogP contribution in [0.4, 0.5) is 0 Å². The molecule has 2 aromatic carbocycles. The Hall–Kier alpha value is -0.380. The monoisotopic (exact) mass is 364 g/mol. The molecule has 0 unspecified atom stereocenters. The van der Waals surface area contributed by atoms with Crippen LogP contribution >= 0.6 is 58.2 Å². The van der Waals surface area contributed by atoms with Gasteiger partial charge in [-0.15, -0.1) is 11.8 Å². The number of carbonyl (C=O) groups is 1. The third-order valence-corrected chi connectivity index (χ3v) is 4.78. The van der Waals surface area contributed by atoms with Crippen LogP contribution in [0, 0.1) is 0 Å². The minimum absolute atomic E-state index is 0.112. The number of hydrogen-bond donors (Lipinski definition) is 0. The Labute approximate surface area is 141 Å². The molecule has 0 saturated heterocycles. The van der Waals surface area contributed by atoms with Crippen LogP contribution in [0.5, 0.6) is 0 Å². The third-order valence-electron chi connectivity index (χ3n) is 2.48. The predicted molar refractivity (Wildman–Crippen MR) is 88.0 cm³/mol. The van der Waals surface area contributed by atoms with Crippen LogP contribution in [-0.4, -0.2) is 11.5 Å². The van der Waals surface area contributed by atoms with E-state index in [1.165, 1.54) is 11.8 Å². The van der Waals surface area contributed by atoms with Crippen molar-refractivity contribution in [1.82, 2.24) is 0 Å². The first-order valence-corrected chi connectivity index (χ1v) is 8.03. The van der Waals surface area contributed by atoms with Gasteiger partial charge in [0.15, 0.2) is 5.78 Å². The summed E-state index contributed by atoms with van der Waals surface area (Å²) < 4.78 is 0. The molecule has 0 N–H and O–H groups in total. The summed E-state index contributed by atoms with van der Waals surface area (Å²) >= 11 is 25.1. The molecule has 2 rings (SSSR count). The lowest BCUT2D eigenvalue weighted by Gasteiger charge is -2.06. The lowest BCUT2D eigenvalue weighted by molar-refractivity contribution is 0.102. The zero-order valence-corrected chi connectivity index (χ0v) is 13.8. The largest absolute Gasteiger partial charge is 0.293 e. The number of rotatable bonds is 4. The van der Waals surface area contributed by atoms with Gasteiger partial charge in [-0.2, -0.15) is 0 Å². The number of benzene rings is 2. The highest BCUT2D eigenvalue weighted by molar-refractivity contribution is 8.00. The summed E-state index contributed by atoms with van der Waals surface area (Å²) in [7, 11) is 0. The summed E-state index contributed by atoms with van der Waals surface area (Å²) in [6, 6.07) is 9.93. The van der Waals surface area contributed by atoms with Gasteiger partial charge in [-0.25, -0.2) is 0 Å². The molecule has 0 amide bonds. The molecule has 0 bridgehead atoms. The second kappa shape index (κ2) is 7.06. The Morgan fingerprint density at radius 3 is 2.20 bits per heavy atom. The predicted octanol–water partition coefficient (Wildman–Crippen LogP) is 6.28. The summed E-state index contributed by atoms with van der Waals surface area (Å²) in [6.07, 6.45) is 0. The molecule has 0 aromatic heterocycles. The first kappa shape index (κ1) is 16.0. The van der Waals surface area contributed by atoms with E-state index in [1.807, 2.05) is 0 Å².